The van der Waals surface area contributed by atoms with E-state index < -0.39 is 6.10 Å². The van der Waals surface area contributed by atoms with Gasteiger partial charge >= 0.3 is 0 Å². The van der Waals surface area contributed by atoms with Gasteiger partial charge in [-0.2, -0.15) is 0 Å². The van der Waals surface area contributed by atoms with Crippen LogP contribution in [0.4, 0.5) is 0 Å². The second-order valence-electron chi connectivity index (χ2n) is 7.20. The Labute approximate surface area is 155 Å². The number of aliphatic hydroxyl groups excluding tert-OH is 1. The first kappa shape index (κ1) is 18.5. The first-order chi connectivity index (χ1) is 12.5. The van der Waals surface area contributed by atoms with Crippen molar-refractivity contribution >= 4 is 11.0 Å². The highest BCUT2D eigenvalue weighted by Gasteiger charge is 2.16. The quantitative estimate of drug-likeness (QED) is 0.682. The largest absolute Gasteiger partial charge is 0.491 e. The van der Waals surface area contributed by atoms with E-state index in [1.165, 1.54) is 11.1 Å². The molecule has 3 rings (SSSR count). The Bertz CT molecular complexity index is 883. The van der Waals surface area contributed by atoms with Crippen LogP contribution in [0, 0.1) is 6.92 Å². The van der Waals surface area contributed by atoms with Gasteiger partial charge in [0.1, 0.15) is 24.3 Å². The highest BCUT2D eigenvalue weighted by atomic mass is 16.5. The lowest BCUT2D eigenvalue weighted by molar-refractivity contribution is 0.0925. The molecule has 1 atom stereocenters. The summed E-state index contributed by atoms with van der Waals surface area (Å²) in [5.74, 6) is 2.11. The molecule has 0 aliphatic rings. The molecule has 4 nitrogen and oxygen atoms in total. The van der Waals surface area contributed by atoms with Gasteiger partial charge < -0.3 is 14.4 Å². The monoisotopic (exact) mass is 352 g/mol. The van der Waals surface area contributed by atoms with Crippen molar-refractivity contribution in [1.82, 2.24) is 9.55 Å². The summed E-state index contributed by atoms with van der Waals surface area (Å²) in [6.07, 6.45) is 0.370. The fourth-order valence-electron chi connectivity index (χ4n) is 3.29. The van der Waals surface area contributed by atoms with Gasteiger partial charge in [0.25, 0.3) is 0 Å². The first-order valence-corrected chi connectivity index (χ1v) is 9.34. The minimum Gasteiger partial charge on any atom is -0.491 e. The van der Waals surface area contributed by atoms with Crippen LogP contribution in [0.25, 0.3) is 11.0 Å². The Morgan fingerprint density at radius 3 is 2.65 bits per heavy atom. The van der Waals surface area contributed by atoms with Crippen molar-refractivity contribution in [1.29, 1.82) is 0 Å². The van der Waals surface area contributed by atoms with Crippen molar-refractivity contribution < 1.29 is 9.84 Å². The van der Waals surface area contributed by atoms with Crippen molar-refractivity contribution in [2.75, 3.05) is 6.61 Å². The van der Waals surface area contributed by atoms with Crippen LogP contribution in [0.2, 0.25) is 0 Å². The summed E-state index contributed by atoms with van der Waals surface area (Å²) in [7, 11) is 0. The Morgan fingerprint density at radius 1 is 1.15 bits per heavy atom. The third-order valence-corrected chi connectivity index (χ3v) is 4.56. The van der Waals surface area contributed by atoms with E-state index in [9.17, 15) is 5.11 Å². The number of aromatic nitrogens is 2. The maximum Gasteiger partial charge on any atom is 0.119 e. The summed E-state index contributed by atoms with van der Waals surface area (Å²) in [4.78, 5) is 4.73. The standard InChI is InChI=1S/C22H28N2O2/c1-5-17-10-16(4)11-19(12-17)26-14-18(25)13-24-21-9-7-6-8-20(21)23-22(24)15(2)3/h6-12,15,18,25H,5,13-14H2,1-4H3/t18-/m1/s1. The van der Waals surface area contributed by atoms with Crippen molar-refractivity contribution in [3.8, 4) is 5.75 Å². The molecule has 0 spiro atoms. The molecular formula is C22H28N2O2. The number of benzene rings is 2. The molecule has 0 amide bonds. The summed E-state index contributed by atoms with van der Waals surface area (Å²) in [6, 6.07) is 14.3. The number of para-hydroxylation sites is 2. The molecule has 1 heterocycles. The molecule has 0 aliphatic carbocycles. The molecule has 0 fully saturated rings. The van der Waals surface area contributed by atoms with Gasteiger partial charge in [-0.25, -0.2) is 4.98 Å². The van der Waals surface area contributed by atoms with Crippen molar-refractivity contribution in [3.63, 3.8) is 0 Å². The van der Waals surface area contributed by atoms with Crippen LogP contribution in [-0.4, -0.2) is 27.4 Å². The van der Waals surface area contributed by atoms with E-state index in [4.69, 9.17) is 9.72 Å². The Kier molecular flexibility index (Phi) is 5.62. The van der Waals surface area contributed by atoms with Gasteiger partial charge in [-0.1, -0.05) is 39.0 Å². The molecular weight excluding hydrogens is 324 g/mol. The second kappa shape index (κ2) is 7.92. The summed E-state index contributed by atoms with van der Waals surface area (Å²) < 4.78 is 7.98. The molecule has 26 heavy (non-hydrogen) atoms. The van der Waals surface area contributed by atoms with Crippen molar-refractivity contribution in [2.45, 2.75) is 52.7 Å². The fraction of sp³-hybridized carbons (Fsp3) is 0.409. The first-order valence-electron chi connectivity index (χ1n) is 9.34. The molecule has 0 saturated carbocycles. The van der Waals surface area contributed by atoms with Gasteiger partial charge in [-0.3, -0.25) is 0 Å². The number of nitrogens with zero attached hydrogens (tertiary/aromatic N) is 2. The number of ether oxygens (including phenoxy) is 1. The molecule has 4 heteroatoms. The molecule has 2 aromatic carbocycles. The van der Waals surface area contributed by atoms with E-state index >= 15 is 0 Å². The van der Waals surface area contributed by atoms with Crippen LogP contribution in [0.15, 0.2) is 42.5 Å². The highest BCUT2D eigenvalue weighted by molar-refractivity contribution is 5.76. The van der Waals surface area contributed by atoms with Gasteiger partial charge in [-0.15, -0.1) is 0 Å². The van der Waals surface area contributed by atoms with Crippen molar-refractivity contribution in [3.05, 3.63) is 59.4 Å². The fourth-order valence-corrected chi connectivity index (χ4v) is 3.29. The minimum atomic E-state index is -0.601. The predicted molar refractivity (Wildman–Crippen MR) is 106 cm³/mol. The summed E-state index contributed by atoms with van der Waals surface area (Å²) in [5, 5.41) is 10.6. The van der Waals surface area contributed by atoms with Gasteiger partial charge in [0.2, 0.25) is 0 Å². The van der Waals surface area contributed by atoms with E-state index in [1.54, 1.807) is 0 Å². The maximum absolute atomic E-state index is 10.6. The lowest BCUT2D eigenvalue weighted by Crippen LogP contribution is -2.25. The Morgan fingerprint density at radius 2 is 1.92 bits per heavy atom. The van der Waals surface area contributed by atoms with E-state index in [0.29, 0.717) is 12.5 Å². The Balaban J connectivity index is 1.74. The van der Waals surface area contributed by atoms with E-state index in [1.807, 2.05) is 30.3 Å². The lowest BCUT2D eigenvalue weighted by atomic mass is 10.1. The molecule has 0 unspecified atom stereocenters. The number of rotatable bonds is 7. The lowest BCUT2D eigenvalue weighted by Gasteiger charge is -2.17. The molecule has 3 aromatic rings. The molecule has 0 saturated heterocycles. The second-order valence-corrected chi connectivity index (χ2v) is 7.20. The summed E-state index contributed by atoms with van der Waals surface area (Å²) in [5.41, 5.74) is 4.45. The van der Waals surface area contributed by atoms with Crippen LogP contribution in [0.3, 0.4) is 0 Å². The predicted octanol–water partition coefficient (Wildman–Crippen LogP) is 4.47. The molecule has 0 aliphatic heterocycles. The molecule has 138 valence electrons. The maximum atomic E-state index is 10.6. The normalized spacial score (nSPS) is 12.7. The number of aliphatic hydroxyl groups is 1. The Hall–Kier alpha value is -2.33. The topological polar surface area (TPSA) is 47.3 Å². The SMILES string of the molecule is CCc1cc(C)cc(OC[C@H](O)Cn2c(C(C)C)nc3ccccc32)c1. The zero-order valence-electron chi connectivity index (χ0n) is 16.1. The zero-order valence-corrected chi connectivity index (χ0v) is 16.1. The van der Waals surface area contributed by atoms with Crippen LogP contribution in [0.1, 0.15) is 43.6 Å². The number of aryl methyl sites for hydroxylation is 2. The smallest absolute Gasteiger partial charge is 0.119 e. The number of fused-ring (bicyclic) bond motifs is 1. The van der Waals surface area contributed by atoms with Gasteiger partial charge in [0.05, 0.1) is 17.6 Å². The minimum absolute atomic E-state index is 0.261. The number of hydrogen-bond acceptors (Lipinski definition) is 3. The van der Waals surface area contributed by atoms with Gasteiger partial charge in [0.15, 0.2) is 0 Å². The molecule has 0 radical (unpaired) electrons. The zero-order chi connectivity index (χ0) is 18.7. The van der Waals surface area contributed by atoms with E-state index in [-0.39, 0.29) is 6.61 Å². The van der Waals surface area contributed by atoms with Gasteiger partial charge in [0, 0.05) is 5.92 Å². The average Bonchev–Trinajstić information content (AvgIpc) is 2.98. The summed E-state index contributed by atoms with van der Waals surface area (Å²) in [6.45, 7) is 9.18. The van der Waals surface area contributed by atoms with E-state index in [0.717, 1.165) is 29.0 Å². The van der Waals surface area contributed by atoms with Crippen LogP contribution >= 0.6 is 0 Å². The van der Waals surface area contributed by atoms with Gasteiger partial charge in [-0.05, 0) is 48.7 Å². The molecule has 1 aromatic heterocycles. The molecule has 0 bridgehead atoms. The summed E-state index contributed by atoms with van der Waals surface area (Å²) >= 11 is 0. The van der Waals surface area contributed by atoms with Crippen LogP contribution in [-0.2, 0) is 13.0 Å². The number of imidazole rings is 1. The van der Waals surface area contributed by atoms with E-state index in [2.05, 4.69) is 44.4 Å². The average molecular weight is 352 g/mol. The third kappa shape index (κ3) is 4.07. The third-order valence-electron chi connectivity index (χ3n) is 4.56. The van der Waals surface area contributed by atoms with Crippen molar-refractivity contribution in [2.24, 2.45) is 0 Å². The van der Waals surface area contributed by atoms with Crippen LogP contribution in [0.5, 0.6) is 5.75 Å². The number of hydrogen-bond donors (Lipinski definition) is 1. The highest BCUT2D eigenvalue weighted by Crippen LogP contribution is 2.23. The van der Waals surface area contributed by atoms with Crippen LogP contribution < -0.4 is 4.74 Å². The molecule has 1 N–H and O–H groups in total.